The van der Waals surface area contributed by atoms with E-state index in [0.717, 1.165) is 36.8 Å². The highest BCUT2D eigenvalue weighted by molar-refractivity contribution is 6.35. The van der Waals surface area contributed by atoms with Gasteiger partial charge >= 0.3 is 0 Å². The number of hydrogen-bond acceptors (Lipinski definition) is 3. The van der Waals surface area contributed by atoms with Crippen molar-refractivity contribution in [2.24, 2.45) is 0 Å². The van der Waals surface area contributed by atoms with Gasteiger partial charge in [-0.3, -0.25) is 9.59 Å². The van der Waals surface area contributed by atoms with Crippen molar-refractivity contribution in [3.8, 4) is 5.75 Å². The first-order valence-electron chi connectivity index (χ1n) is 11.6. The molecule has 5 nitrogen and oxygen atoms in total. The van der Waals surface area contributed by atoms with Crippen LogP contribution in [0.1, 0.15) is 56.6 Å². The van der Waals surface area contributed by atoms with E-state index in [0.29, 0.717) is 22.2 Å². The van der Waals surface area contributed by atoms with Gasteiger partial charge < -0.3 is 15.0 Å². The summed E-state index contributed by atoms with van der Waals surface area (Å²) in [5.74, 6) is 0.212. The Bertz CT molecular complexity index is 943. The highest BCUT2D eigenvalue weighted by Crippen LogP contribution is 2.24. The molecule has 1 N–H and O–H groups in total. The Labute approximate surface area is 206 Å². The van der Waals surface area contributed by atoms with E-state index >= 15 is 0 Å². The van der Waals surface area contributed by atoms with Crippen LogP contribution in [-0.2, 0) is 16.1 Å². The Balaban J connectivity index is 1.77. The average molecular weight is 491 g/mol. The van der Waals surface area contributed by atoms with Gasteiger partial charge in [-0.1, -0.05) is 73.2 Å². The number of aryl methyl sites for hydroxylation is 1. The molecule has 0 aromatic heterocycles. The fraction of sp³-hybridized carbons (Fsp3) is 0.462. The summed E-state index contributed by atoms with van der Waals surface area (Å²) in [6, 6.07) is 12.2. The molecular weight excluding hydrogens is 459 g/mol. The van der Waals surface area contributed by atoms with E-state index in [1.54, 1.807) is 23.1 Å². The lowest BCUT2D eigenvalue weighted by Crippen LogP contribution is -2.52. The number of carbonyl (C=O) groups excluding carboxylic acids is 2. The van der Waals surface area contributed by atoms with E-state index < -0.39 is 6.04 Å². The summed E-state index contributed by atoms with van der Waals surface area (Å²) in [4.78, 5) is 28.1. The maximum Gasteiger partial charge on any atom is 0.261 e. The van der Waals surface area contributed by atoms with Gasteiger partial charge in [0.05, 0.1) is 0 Å². The normalized spacial score (nSPS) is 15.0. The molecule has 0 spiro atoms. The van der Waals surface area contributed by atoms with Crippen LogP contribution in [-0.4, -0.2) is 35.4 Å². The number of halogens is 2. The van der Waals surface area contributed by atoms with Crippen molar-refractivity contribution in [2.75, 3.05) is 6.61 Å². The molecule has 2 amide bonds. The summed E-state index contributed by atoms with van der Waals surface area (Å²) >= 11 is 12.4. The smallest absolute Gasteiger partial charge is 0.261 e. The van der Waals surface area contributed by atoms with Crippen LogP contribution in [0.2, 0.25) is 10.0 Å². The number of amides is 2. The molecule has 0 saturated heterocycles. The van der Waals surface area contributed by atoms with Crippen LogP contribution in [0, 0.1) is 6.92 Å². The largest absolute Gasteiger partial charge is 0.484 e. The molecule has 3 rings (SSSR count). The molecule has 1 aliphatic rings. The molecule has 33 heavy (non-hydrogen) atoms. The SMILES string of the molecule is CCC(C(=O)NC1CCCCC1)N(Cc1ccc(Cl)cc1Cl)C(=O)COc1ccc(C)cc1. The lowest BCUT2D eigenvalue weighted by Gasteiger charge is -2.33. The number of hydrogen-bond donors (Lipinski definition) is 1. The second kappa shape index (κ2) is 12.3. The van der Waals surface area contributed by atoms with Crippen LogP contribution in [0.15, 0.2) is 42.5 Å². The zero-order valence-electron chi connectivity index (χ0n) is 19.3. The fourth-order valence-electron chi connectivity index (χ4n) is 4.16. The molecule has 1 saturated carbocycles. The molecule has 0 heterocycles. The van der Waals surface area contributed by atoms with Crippen molar-refractivity contribution >= 4 is 35.0 Å². The van der Waals surface area contributed by atoms with Gasteiger partial charge in [-0.05, 0) is 56.0 Å². The lowest BCUT2D eigenvalue weighted by atomic mass is 9.95. The van der Waals surface area contributed by atoms with E-state index in [-0.39, 0.29) is 31.0 Å². The van der Waals surface area contributed by atoms with E-state index in [9.17, 15) is 9.59 Å². The van der Waals surface area contributed by atoms with Gasteiger partial charge in [0.2, 0.25) is 5.91 Å². The zero-order valence-corrected chi connectivity index (χ0v) is 20.8. The topological polar surface area (TPSA) is 58.6 Å². The van der Waals surface area contributed by atoms with Crippen LogP contribution >= 0.6 is 23.2 Å². The Morgan fingerprint density at radius 3 is 2.42 bits per heavy atom. The van der Waals surface area contributed by atoms with E-state index in [2.05, 4.69) is 5.32 Å². The molecule has 7 heteroatoms. The summed E-state index contributed by atoms with van der Waals surface area (Å²) in [6.07, 6.45) is 5.90. The molecule has 0 bridgehead atoms. The van der Waals surface area contributed by atoms with Crippen molar-refractivity contribution in [1.29, 1.82) is 0 Å². The maximum absolute atomic E-state index is 13.3. The molecule has 1 atom stereocenters. The molecule has 2 aromatic rings. The average Bonchev–Trinajstić information content (AvgIpc) is 2.80. The molecule has 1 aliphatic carbocycles. The van der Waals surface area contributed by atoms with Crippen LogP contribution in [0.3, 0.4) is 0 Å². The molecule has 0 aliphatic heterocycles. The highest BCUT2D eigenvalue weighted by Gasteiger charge is 2.31. The number of nitrogens with zero attached hydrogens (tertiary/aromatic N) is 1. The number of carbonyl (C=O) groups is 2. The third-order valence-electron chi connectivity index (χ3n) is 6.08. The highest BCUT2D eigenvalue weighted by atomic mass is 35.5. The van der Waals surface area contributed by atoms with E-state index in [1.165, 1.54) is 6.42 Å². The molecule has 2 aromatic carbocycles. The Morgan fingerprint density at radius 1 is 1.09 bits per heavy atom. The molecule has 1 fully saturated rings. The first-order chi connectivity index (χ1) is 15.9. The Hall–Kier alpha value is -2.24. The summed E-state index contributed by atoms with van der Waals surface area (Å²) in [7, 11) is 0. The minimum absolute atomic E-state index is 0.127. The lowest BCUT2D eigenvalue weighted by molar-refractivity contribution is -0.143. The quantitative estimate of drug-likeness (QED) is 0.473. The van der Waals surface area contributed by atoms with Gasteiger partial charge in [-0.15, -0.1) is 0 Å². The number of ether oxygens (including phenoxy) is 1. The molecule has 0 radical (unpaired) electrons. The van der Waals surface area contributed by atoms with Crippen molar-refractivity contribution in [2.45, 2.75) is 71.0 Å². The monoisotopic (exact) mass is 490 g/mol. The minimum Gasteiger partial charge on any atom is -0.484 e. The van der Waals surface area contributed by atoms with Gasteiger partial charge in [0.25, 0.3) is 5.91 Å². The summed E-state index contributed by atoms with van der Waals surface area (Å²) in [6.45, 7) is 3.93. The second-order valence-corrected chi connectivity index (χ2v) is 9.47. The van der Waals surface area contributed by atoms with Crippen LogP contribution in [0.25, 0.3) is 0 Å². The van der Waals surface area contributed by atoms with Gasteiger partial charge in [0, 0.05) is 22.6 Å². The second-order valence-electron chi connectivity index (χ2n) is 8.63. The predicted molar refractivity (Wildman–Crippen MR) is 133 cm³/mol. The van der Waals surface area contributed by atoms with Crippen molar-refractivity contribution in [1.82, 2.24) is 10.2 Å². The van der Waals surface area contributed by atoms with Gasteiger partial charge in [-0.25, -0.2) is 0 Å². The van der Waals surface area contributed by atoms with E-state index in [4.69, 9.17) is 27.9 Å². The Kier molecular flexibility index (Phi) is 9.45. The number of nitrogens with one attached hydrogen (secondary N) is 1. The van der Waals surface area contributed by atoms with Crippen molar-refractivity contribution in [3.63, 3.8) is 0 Å². The number of benzene rings is 2. The standard InChI is InChI=1S/C26H32Cl2N2O3/c1-3-24(26(32)29-21-7-5-4-6-8-21)30(16-19-11-12-20(27)15-23(19)28)25(31)17-33-22-13-9-18(2)10-14-22/h9-15,21,24H,3-8,16-17H2,1-2H3,(H,29,32). The summed E-state index contributed by atoms with van der Waals surface area (Å²) in [5.41, 5.74) is 1.84. The zero-order chi connectivity index (χ0) is 23.8. The van der Waals surface area contributed by atoms with Gasteiger partial charge in [0.15, 0.2) is 6.61 Å². The van der Waals surface area contributed by atoms with Crippen LogP contribution in [0.5, 0.6) is 5.75 Å². The van der Waals surface area contributed by atoms with Crippen molar-refractivity contribution in [3.05, 3.63) is 63.6 Å². The third kappa shape index (κ3) is 7.38. The first kappa shape index (κ1) is 25.4. The van der Waals surface area contributed by atoms with E-state index in [1.807, 2.05) is 38.1 Å². The predicted octanol–water partition coefficient (Wildman–Crippen LogP) is 5.94. The summed E-state index contributed by atoms with van der Waals surface area (Å²) in [5, 5.41) is 4.15. The fourth-order valence-corrected chi connectivity index (χ4v) is 4.63. The minimum atomic E-state index is -0.618. The Morgan fingerprint density at radius 2 is 1.79 bits per heavy atom. The number of rotatable bonds is 9. The third-order valence-corrected chi connectivity index (χ3v) is 6.66. The molecule has 178 valence electrons. The van der Waals surface area contributed by atoms with Gasteiger partial charge in [0.1, 0.15) is 11.8 Å². The molecule has 1 unspecified atom stereocenters. The van der Waals surface area contributed by atoms with Crippen LogP contribution < -0.4 is 10.1 Å². The van der Waals surface area contributed by atoms with Gasteiger partial charge in [-0.2, -0.15) is 0 Å². The maximum atomic E-state index is 13.3. The van der Waals surface area contributed by atoms with Crippen LogP contribution in [0.4, 0.5) is 0 Å². The first-order valence-corrected chi connectivity index (χ1v) is 12.4. The van der Waals surface area contributed by atoms with Crippen molar-refractivity contribution < 1.29 is 14.3 Å². The summed E-state index contributed by atoms with van der Waals surface area (Å²) < 4.78 is 5.74. The molecular formula is C26H32Cl2N2O3.